The van der Waals surface area contributed by atoms with Crippen LogP contribution in [0.3, 0.4) is 0 Å². The lowest BCUT2D eigenvalue weighted by molar-refractivity contribution is -0.139. The number of aromatic nitrogens is 1. The number of ether oxygens (including phenoxy) is 1. The number of rotatable bonds is 8. The zero-order valence-electron chi connectivity index (χ0n) is 13.4. The van der Waals surface area contributed by atoms with Crippen molar-refractivity contribution >= 4 is 11.9 Å². The predicted octanol–water partition coefficient (Wildman–Crippen LogP) is 2.64. The first-order valence-electron chi connectivity index (χ1n) is 7.75. The maximum Gasteiger partial charge on any atom is 0.326 e. The third kappa shape index (κ3) is 5.08. The van der Waals surface area contributed by atoms with Crippen LogP contribution in [0.5, 0.6) is 5.75 Å². The molecular weight excluding hydrogens is 308 g/mol. The molecule has 1 atom stereocenters. The van der Waals surface area contributed by atoms with E-state index in [0.29, 0.717) is 30.8 Å². The van der Waals surface area contributed by atoms with Gasteiger partial charge in [-0.05, 0) is 30.7 Å². The highest BCUT2D eigenvalue weighted by atomic mass is 16.5. The minimum Gasteiger partial charge on any atom is -0.489 e. The number of carboxylic acid groups (broad SMARTS) is 1. The number of hydrogen-bond donors (Lipinski definition) is 2. The van der Waals surface area contributed by atoms with Crippen molar-refractivity contribution < 1.29 is 19.4 Å². The Hall–Kier alpha value is -2.89. The molecule has 0 fully saturated rings. The molecule has 0 radical (unpaired) electrons. The van der Waals surface area contributed by atoms with Gasteiger partial charge in [-0.25, -0.2) is 4.79 Å². The molecule has 0 aliphatic heterocycles. The molecule has 2 aromatic rings. The van der Waals surface area contributed by atoms with Gasteiger partial charge in [0, 0.05) is 23.5 Å². The van der Waals surface area contributed by atoms with Crippen molar-refractivity contribution in [1.29, 1.82) is 0 Å². The van der Waals surface area contributed by atoms with Crippen molar-refractivity contribution in [3.05, 3.63) is 59.9 Å². The Kier molecular flexibility index (Phi) is 6.31. The molecule has 126 valence electrons. The number of nitrogens with zero attached hydrogens (tertiary/aromatic N) is 1. The lowest BCUT2D eigenvalue weighted by Crippen LogP contribution is -2.40. The van der Waals surface area contributed by atoms with Crippen LogP contribution in [0, 0.1) is 0 Å². The van der Waals surface area contributed by atoms with Crippen LogP contribution in [-0.4, -0.2) is 28.0 Å². The molecule has 1 aromatic carbocycles. The molecular formula is C18H20N2O4. The van der Waals surface area contributed by atoms with Crippen LogP contribution < -0.4 is 10.1 Å². The summed E-state index contributed by atoms with van der Waals surface area (Å²) < 4.78 is 5.65. The number of hydrogen-bond acceptors (Lipinski definition) is 4. The van der Waals surface area contributed by atoms with Gasteiger partial charge in [0.05, 0.1) is 0 Å². The van der Waals surface area contributed by atoms with Crippen LogP contribution >= 0.6 is 0 Å². The maximum atomic E-state index is 12.2. The quantitative estimate of drug-likeness (QED) is 0.778. The molecule has 0 aliphatic rings. The van der Waals surface area contributed by atoms with Crippen molar-refractivity contribution in [2.45, 2.75) is 32.4 Å². The summed E-state index contributed by atoms with van der Waals surface area (Å²) in [6.07, 6.45) is 4.45. The van der Waals surface area contributed by atoms with Gasteiger partial charge in [-0.1, -0.05) is 25.5 Å². The van der Waals surface area contributed by atoms with Gasteiger partial charge in [0.1, 0.15) is 18.4 Å². The Balaban J connectivity index is 2.00. The van der Waals surface area contributed by atoms with E-state index >= 15 is 0 Å². The average Bonchev–Trinajstić information content (AvgIpc) is 2.60. The minimum atomic E-state index is -1.03. The molecule has 1 heterocycles. The van der Waals surface area contributed by atoms with E-state index in [2.05, 4.69) is 10.3 Å². The van der Waals surface area contributed by atoms with Crippen molar-refractivity contribution in [3.63, 3.8) is 0 Å². The standard InChI is InChI=1S/C18H20N2O4/c1-2-5-16(18(22)23)20-17(21)14-7-3-8-15(10-14)24-12-13-6-4-9-19-11-13/h3-4,6-11,16H,2,5,12H2,1H3,(H,20,21)(H,22,23). The molecule has 2 rings (SSSR count). The van der Waals surface area contributed by atoms with Gasteiger partial charge in [-0.3, -0.25) is 9.78 Å². The molecule has 0 spiro atoms. The Morgan fingerprint density at radius 3 is 2.79 bits per heavy atom. The van der Waals surface area contributed by atoms with Crippen molar-refractivity contribution in [1.82, 2.24) is 10.3 Å². The zero-order valence-corrected chi connectivity index (χ0v) is 13.4. The number of aliphatic carboxylic acids is 1. The van der Waals surface area contributed by atoms with E-state index < -0.39 is 17.9 Å². The third-order valence-electron chi connectivity index (χ3n) is 3.41. The predicted molar refractivity (Wildman–Crippen MR) is 88.8 cm³/mol. The van der Waals surface area contributed by atoms with Crippen LogP contribution in [0.15, 0.2) is 48.8 Å². The lowest BCUT2D eigenvalue weighted by atomic mass is 10.1. The summed E-state index contributed by atoms with van der Waals surface area (Å²) in [4.78, 5) is 27.4. The molecule has 0 aliphatic carbocycles. The summed E-state index contributed by atoms with van der Waals surface area (Å²) in [5, 5.41) is 11.7. The smallest absolute Gasteiger partial charge is 0.326 e. The van der Waals surface area contributed by atoms with Gasteiger partial charge in [0.15, 0.2) is 0 Å². The summed E-state index contributed by atoms with van der Waals surface area (Å²) in [7, 11) is 0. The summed E-state index contributed by atoms with van der Waals surface area (Å²) in [5.41, 5.74) is 1.28. The van der Waals surface area contributed by atoms with E-state index in [1.54, 1.807) is 36.7 Å². The van der Waals surface area contributed by atoms with Crippen LogP contribution in [-0.2, 0) is 11.4 Å². The SMILES string of the molecule is CCCC(NC(=O)c1cccc(OCc2cccnc2)c1)C(=O)O. The third-order valence-corrected chi connectivity index (χ3v) is 3.41. The second-order valence-corrected chi connectivity index (χ2v) is 5.33. The minimum absolute atomic E-state index is 0.340. The monoisotopic (exact) mass is 328 g/mol. The number of carbonyl (C=O) groups excluding carboxylic acids is 1. The van der Waals surface area contributed by atoms with Gasteiger partial charge in [0.2, 0.25) is 0 Å². The van der Waals surface area contributed by atoms with Gasteiger partial charge < -0.3 is 15.2 Å². The molecule has 0 bridgehead atoms. The van der Waals surface area contributed by atoms with Gasteiger partial charge in [0.25, 0.3) is 5.91 Å². The number of benzene rings is 1. The highest BCUT2D eigenvalue weighted by Gasteiger charge is 2.19. The van der Waals surface area contributed by atoms with E-state index in [-0.39, 0.29) is 0 Å². The Bertz CT molecular complexity index is 688. The van der Waals surface area contributed by atoms with E-state index in [0.717, 1.165) is 5.56 Å². The fourth-order valence-corrected chi connectivity index (χ4v) is 2.16. The molecule has 24 heavy (non-hydrogen) atoms. The molecule has 6 nitrogen and oxygen atoms in total. The van der Waals surface area contributed by atoms with Crippen molar-refractivity contribution in [3.8, 4) is 5.75 Å². The summed E-state index contributed by atoms with van der Waals surface area (Å²) in [6.45, 7) is 2.21. The van der Waals surface area contributed by atoms with Crippen LogP contribution in [0.25, 0.3) is 0 Å². The summed E-state index contributed by atoms with van der Waals surface area (Å²) >= 11 is 0. The Morgan fingerprint density at radius 1 is 1.29 bits per heavy atom. The number of pyridine rings is 1. The molecule has 0 saturated carbocycles. The van der Waals surface area contributed by atoms with Crippen molar-refractivity contribution in [2.24, 2.45) is 0 Å². The molecule has 1 aromatic heterocycles. The fraction of sp³-hybridized carbons (Fsp3) is 0.278. The normalized spacial score (nSPS) is 11.5. The van der Waals surface area contributed by atoms with E-state index in [1.165, 1.54) is 0 Å². The second kappa shape index (κ2) is 8.67. The zero-order chi connectivity index (χ0) is 17.4. The Labute approximate surface area is 140 Å². The summed E-state index contributed by atoms with van der Waals surface area (Å²) in [6, 6.07) is 9.49. The fourth-order valence-electron chi connectivity index (χ4n) is 2.16. The highest BCUT2D eigenvalue weighted by molar-refractivity contribution is 5.96. The van der Waals surface area contributed by atoms with Crippen LogP contribution in [0.4, 0.5) is 0 Å². The molecule has 0 saturated heterocycles. The van der Waals surface area contributed by atoms with Gasteiger partial charge >= 0.3 is 5.97 Å². The molecule has 6 heteroatoms. The lowest BCUT2D eigenvalue weighted by Gasteiger charge is -2.14. The number of amides is 1. The number of carboxylic acids is 1. The molecule has 1 amide bonds. The van der Waals surface area contributed by atoms with Gasteiger partial charge in [-0.2, -0.15) is 0 Å². The van der Waals surface area contributed by atoms with E-state index in [4.69, 9.17) is 9.84 Å². The summed E-state index contributed by atoms with van der Waals surface area (Å²) in [5.74, 6) is -0.925. The molecule has 1 unspecified atom stereocenters. The molecule has 2 N–H and O–H groups in total. The van der Waals surface area contributed by atoms with E-state index in [9.17, 15) is 9.59 Å². The van der Waals surface area contributed by atoms with E-state index in [1.807, 2.05) is 19.1 Å². The number of carbonyl (C=O) groups is 2. The average molecular weight is 328 g/mol. The first-order chi connectivity index (χ1) is 11.6. The van der Waals surface area contributed by atoms with Crippen LogP contribution in [0.1, 0.15) is 35.7 Å². The first kappa shape index (κ1) is 17.5. The topological polar surface area (TPSA) is 88.5 Å². The van der Waals surface area contributed by atoms with Crippen LogP contribution in [0.2, 0.25) is 0 Å². The van der Waals surface area contributed by atoms with Crippen molar-refractivity contribution in [2.75, 3.05) is 0 Å². The first-order valence-corrected chi connectivity index (χ1v) is 7.75. The Morgan fingerprint density at radius 2 is 2.12 bits per heavy atom. The largest absolute Gasteiger partial charge is 0.489 e. The maximum absolute atomic E-state index is 12.2. The highest BCUT2D eigenvalue weighted by Crippen LogP contribution is 2.15. The second-order valence-electron chi connectivity index (χ2n) is 5.33. The van der Waals surface area contributed by atoms with Gasteiger partial charge in [-0.15, -0.1) is 0 Å². The number of nitrogens with one attached hydrogen (secondary N) is 1.